The van der Waals surface area contributed by atoms with E-state index in [0.29, 0.717) is 15.2 Å². The summed E-state index contributed by atoms with van der Waals surface area (Å²) >= 11 is 8.96. The number of benzene rings is 1. The Morgan fingerprint density at radius 1 is 1.29 bits per heavy atom. The van der Waals surface area contributed by atoms with Crippen LogP contribution in [0.4, 0.5) is 10.5 Å². The summed E-state index contributed by atoms with van der Waals surface area (Å²) in [5, 5.41) is 22.6. The summed E-state index contributed by atoms with van der Waals surface area (Å²) in [6, 6.07) is 2.62. The van der Waals surface area contributed by atoms with E-state index in [-0.39, 0.29) is 12.8 Å². The molecule has 0 heterocycles. The number of urea groups is 1. The van der Waals surface area contributed by atoms with E-state index in [4.69, 9.17) is 21.8 Å². The first kappa shape index (κ1) is 17.3. The monoisotopic (exact) mass is 378 g/mol. The van der Waals surface area contributed by atoms with Gasteiger partial charge in [-0.1, -0.05) is 11.6 Å². The molecule has 7 nitrogen and oxygen atoms in total. The van der Waals surface area contributed by atoms with Crippen molar-refractivity contribution in [2.75, 3.05) is 5.32 Å². The molecule has 1 rings (SSSR count). The molecule has 0 saturated heterocycles. The van der Waals surface area contributed by atoms with Gasteiger partial charge in [0.25, 0.3) is 0 Å². The van der Waals surface area contributed by atoms with E-state index in [0.717, 1.165) is 0 Å². The number of aliphatic carboxylic acids is 2. The zero-order chi connectivity index (χ0) is 16.0. The minimum absolute atomic E-state index is 0.208. The predicted octanol–water partition coefficient (Wildman–Crippen LogP) is 2.54. The number of carbonyl (C=O) groups excluding carboxylic acids is 1. The average Bonchev–Trinajstić information content (AvgIpc) is 2.37. The number of carbonyl (C=O) groups is 3. The topological polar surface area (TPSA) is 116 Å². The van der Waals surface area contributed by atoms with E-state index >= 15 is 0 Å². The molecular weight excluding hydrogens is 367 g/mol. The highest BCUT2D eigenvalue weighted by Crippen LogP contribution is 2.25. The van der Waals surface area contributed by atoms with Gasteiger partial charge >= 0.3 is 18.0 Å². The van der Waals surface area contributed by atoms with Gasteiger partial charge in [-0.2, -0.15) is 0 Å². The Labute approximate surface area is 133 Å². The van der Waals surface area contributed by atoms with Crippen molar-refractivity contribution < 1.29 is 24.6 Å². The molecule has 0 aromatic heterocycles. The Hall–Kier alpha value is -1.80. The fourth-order valence-electron chi connectivity index (χ4n) is 1.43. The lowest BCUT2D eigenvalue weighted by molar-refractivity contribution is -0.140. The molecule has 0 unspecified atom stereocenters. The molecule has 1 aromatic rings. The first-order valence-corrected chi connectivity index (χ1v) is 6.94. The Bertz CT molecular complexity index is 567. The fourth-order valence-corrected chi connectivity index (χ4v) is 2.21. The minimum atomic E-state index is -1.30. The molecule has 0 saturated carbocycles. The maximum atomic E-state index is 11.7. The lowest BCUT2D eigenvalue weighted by Crippen LogP contribution is -2.43. The summed E-state index contributed by atoms with van der Waals surface area (Å²) < 4.78 is 0.530. The summed E-state index contributed by atoms with van der Waals surface area (Å²) in [7, 11) is 0. The van der Waals surface area contributed by atoms with Crippen molar-refractivity contribution in [1.82, 2.24) is 5.32 Å². The maximum Gasteiger partial charge on any atom is 0.326 e. The summed E-state index contributed by atoms with van der Waals surface area (Å²) in [5.41, 5.74) is 0.402. The second-order valence-corrected chi connectivity index (χ2v) is 5.34. The molecule has 2 amide bonds. The largest absolute Gasteiger partial charge is 0.481 e. The Morgan fingerprint density at radius 2 is 1.95 bits per heavy atom. The average molecular weight is 380 g/mol. The second kappa shape index (κ2) is 7.84. The van der Waals surface area contributed by atoms with E-state index in [2.05, 4.69) is 26.6 Å². The summed E-state index contributed by atoms with van der Waals surface area (Å²) in [5.74, 6) is -2.44. The van der Waals surface area contributed by atoms with E-state index < -0.39 is 24.0 Å². The van der Waals surface area contributed by atoms with Crippen molar-refractivity contribution in [3.8, 4) is 0 Å². The van der Waals surface area contributed by atoms with E-state index in [1.165, 1.54) is 0 Å². The van der Waals surface area contributed by atoms with Gasteiger partial charge in [0.2, 0.25) is 0 Å². The van der Waals surface area contributed by atoms with Crippen LogP contribution < -0.4 is 10.6 Å². The predicted molar refractivity (Wildman–Crippen MR) is 79.6 cm³/mol. The van der Waals surface area contributed by atoms with Crippen LogP contribution in [0.1, 0.15) is 12.8 Å². The standard InChI is InChI=1S/C12H12BrClN2O5/c13-7-5-6(14)1-2-8(7)15-12(21)16-9(11(19)20)3-4-10(17)18/h1-2,5,9H,3-4H2,(H,17,18)(H,19,20)(H2,15,16,21)/t9-/m0/s1. The van der Waals surface area contributed by atoms with Crippen LogP contribution in [-0.2, 0) is 9.59 Å². The molecule has 0 spiro atoms. The molecule has 0 aliphatic rings. The van der Waals surface area contributed by atoms with Crippen LogP contribution in [0.15, 0.2) is 22.7 Å². The normalized spacial score (nSPS) is 11.5. The third-order valence-corrected chi connectivity index (χ3v) is 3.32. The maximum absolute atomic E-state index is 11.7. The smallest absolute Gasteiger partial charge is 0.326 e. The quantitative estimate of drug-likeness (QED) is 0.606. The molecule has 0 radical (unpaired) electrons. The van der Waals surface area contributed by atoms with Crippen molar-refractivity contribution in [1.29, 1.82) is 0 Å². The highest BCUT2D eigenvalue weighted by molar-refractivity contribution is 9.10. The number of carboxylic acids is 2. The van der Waals surface area contributed by atoms with Gasteiger partial charge in [0, 0.05) is 15.9 Å². The van der Waals surface area contributed by atoms with Crippen LogP contribution >= 0.6 is 27.5 Å². The lowest BCUT2D eigenvalue weighted by atomic mass is 10.1. The van der Waals surface area contributed by atoms with Crippen molar-refractivity contribution in [3.63, 3.8) is 0 Å². The second-order valence-electron chi connectivity index (χ2n) is 4.05. The molecule has 0 fully saturated rings. The summed E-state index contributed by atoms with van der Waals surface area (Å²) in [4.78, 5) is 33.1. The summed E-state index contributed by atoms with van der Waals surface area (Å²) in [6.07, 6.45) is -0.568. The molecule has 0 aliphatic heterocycles. The van der Waals surface area contributed by atoms with Crippen LogP contribution in [0.3, 0.4) is 0 Å². The van der Waals surface area contributed by atoms with Crippen molar-refractivity contribution in [2.24, 2.45) is 0 Å². The Kier molecular flexibility index (Phi) is 6.44. The van der Waals surface area contributed by atoms with Crippen LogP contribution in [0.5, 0.6) is 0 Å². The van der Waals surface area contributed by atoms with Crippen LogP contribution in [0.25, 0.3) is 0 Å². The lowest BCUT2D eigenvalue weighted by Gasteiger charge is -2.15. The molecule has 1 aromatic carbocycles. The highest BCUT2D eigenvalue weighted by atomic mass is 79.9. The van der Waals surface area contributed by atoms with Gasteiger partial charge in [-0.25, -0.2) is 9.59 Å². The van der Waals surface area contributed by atoms with Gasteiger partial charge in [-0.05, 0) is 40.5 Å². The molecule has 4 N–H and O–H groups in total. The summed E-state index contributed by atoms with van der Waals surface area (Å²) in [6.45, 7) is 0. The molecule has 114 valence electrons. The Morgan fingerprint density at radius 3 is 2.48 bits per heavy atom. The molecule has 0 bridgehead atoms. The molecule has 1 atom stereocenters. The van der Waals surface area contributed by atoms with Crippen molar-refractivity contribution in [3.05, 3.63) is 27.7 Å². The zero-order valence-electron chi connectivity index (χ0n) is 10.6. The molecular formula is C12H12BrClN2O5. The first-order chi connectivity index (χ1) is 9.79. The number of hydrogen-bond donors (Lipinski definition) is 4. The number of halogens is 2. The third-order valence-electron chi connectivity index (χ3n) is 2.43. The fraction of sp³-hybridized carbons (Fsp3) is 0.250. The number of carboxylic acid groups (broad SMARTS) is 2. The highest BCUT2D eigenvalue weighted by Gasteiger charge is 2.21. The molecule has 21 heavy (non-hydrogen) atoms. The van der Waals surface area contributed by atoms with Gasteiger partial charge in [0.15, 0.2) is 0 Å². The number of amides is 2. The van der Waals surface area contributed by atoms with Gasteiger partial charge in [0.05, 0.1) is 5.69 Å². The third kappa shape index (κ3) is 6.01. The van der Waals surface area contributed by atoms with Crippen LogP contribution in [0.2, 0.25) is 5.02 Å². The molecule has 0 aliphatic carbocycles. The van der Waals surface area contributed by atoms with Crippen LogP contribution in [0, 0.1) is 0 Å². The number of hydrogen-bond acceptors (Lipinski definition) is 3. The van der Waals surface area contributed by atoms with Gasteiger partial charge in [-0.15, -0.1) is 0 Å². The minimum Gasteiger partial charge on any atom is -0.481 e. The van der Waals surface area contributed by atoms with Gasteiger partial charge < -0.3 is 20.8 Å². The van der Waals surface area contributed by atoms with Gasteiger partial charge in [0.1, 0.15) is 6.04 Å². The zero-order valence-corrected chi connectivity index (χ0v) is 12.9. The SMILES string of the molecule is O=C(O)CC[C@H](NC(=O)Nc1ccc(Cl)cc1Br)C(=O)O. The van der Waals surface area contributed by atoms with E-state index in [9.17, 15) is 14.4 Å². The number of rotatable bonds is 6. The number of nitrogens with one attached hydrogen (secondary N) is 2. The Balaban J connectivity index is 2.65. The van der Waals surface area contributed by atoms with E-state index in [1.807, 2.05) is 0 Å². The van der Waals surface area contributed by atoms with Crippen LogP contribution in [-0.4, -0.2) is 34.2 Å². The van der Waals surface area contributed by atoms with Gasteiger partial charge in [-0.3, -0.25) is 4.79 Å². The van der Waals surface area contributed by atoms with E-state index in [1.54, 1.807) is 18.2 Å². The first-order valence-electron chi connectivity index (χ1n) is 5.76. The van der Waals surface area contributed by atoms with Crippen molar-refractivity contribution in [2.45, 2.75) is 18.9 Å². The molecule has 9 heteroatoms. The van der Waals surface area contributed by atoms with Crippen molar-refractivity contribution >= 4 is 51.2 Å². The number of anilines is 1.